The molecule has 1 N–H and O–H groups in total. The Labute approximate surface area is 143 Å². The van der Waals surface area contributed by atoms with Gasteiger partial charge in [0.05, 0.1) is 19.8 Å². The normalized spacial score (nSPS) is 11.6. The van der Waals surface area contributed by atoms with Crippen molar-refractivity contribution in [3.63, 3.8) is 0 Å². The van der Waals surface area contributed by atoms with E-state index in [2.05, 4.69) is 19.2 Å². The third kappa shape index (κ3) is 4.75. The van der Waals surface area contributed by atoms with Crippen molar-refractivity contribution in [3.05, 3.63) is 59.7 Å². The standard InChI is InChI=1S/C20H25NO3/c1-4-14-24-18-12-8-16(9-13-18)20(22)21-19(5-2)15-6-10-17(23-3)11-7-15/h6-13,19H,4-5,14H2,1-3H3,(H,21,22)/t19-/m0/s1. The molecule has 0 heterocycles. The molecule has 0 saturated heterocycles. The van der Waals surface area contributed by atoms with Gasteiger partial charge in [-0.15, -0.1) is 0 Å². The fraction of sp³-hybridized carbons (Fsp3) is 0.350. The summed E-state index contributed by atoms with van der Waals surface area (Å²) in [6.07, 6.45) is 1.78. The van der Waals surface area contributed by atoms with Crippen molar-refractivity contribution in [2.24, 2.45) is 0 Å². The minimum atomic E-state index is -0.0836. The van der Waals surface area contributed by atoms with Gasteiger partial charge < -0.3 is 14.8 Å². The maximum absolute atomic E-state index is 12.5. The van der Waals surface area contributed by atoms with Crippen molar-refractivity contribution in [2.75, 3.05) is 13.7 Å². The van der Waals surface area contributed by atoms with Crippen LogP contribution in [-0.4, -0.2) is 19.6 Å². The second-order valence-corrected chi connectivity index (χ2v) is 5.58. The van der Waals surface area contributed by atoms with Crippen LogP contribution in [0, 0.1) is 0 Å². The molecule has 2 aromatic rings. The Kier molecular flexibility index (Phi) is 6.67. The number of amides is 1. The van der Waals surface area contributed by atoms with Gasteiger partial charge in [0.2, 0.25) is 0 Å². The lowest BCUT2D eigenvalue weighted by atomic mass is 10.0. The van der Waals surface area contributed by atoms with Gasteiger partial charge >= 0.3 is 0 Å². The van der Waals surface area contributed by atoms with Gasteiger partial charge in [-0.1, -0.05) is 26.0 Å². The summed E-state index contributed by atoms with van der Waals surface area (Å²) in [5, 5.41) is 3.08. The van der Waals surface area contributed by atoms with Crippen LogP contribution in [0.25, 0.3) is 0 Å². The summed E-state index contributed by atoms with van der Waals surface area (Å²) >= 11 is 0. The molecule has 0 aliphatic heterocycles. The van der Waals surface area contributed by atoms with Crippen molar-refractivity contribution in [2.45, 2.75) is 32.7 Å². The molecule has 0 aliphatic carbocycles. The van der Waals surface area contributed by atoms with E-state index in [-0.39, 0.29) is 11.9 Å². The fourth-order valence-corrected chi connectivity index (χ4v) is 2.42. The number of nitrogens with one attached hydrogen (secondary N) is 1. The van der Waals surface area contributed by atoms with E-state index in [1.54, 1.807) is 19.2 Å². The van der Waals surface area contributed by atoms with E-state index < -0.39 is 0 Å². The molecule has 2 rings (SSSR count). The van der Waals surface area contributed by atoms with E-state index in [9.17, 15) is 4.79 Å². The van der Waals surface area contributed by atoms with Gasteiger partial charge in [-0.3, -0.25) is 4.79 Å². The highest BCUT2D eigenvalue weighted by molar-refractivity contribution is 5.94. The molecule has 0 bridgehead atoms. The molecule has 0 radical (unpaired) electrons. The molecule has 0 spiro atoms. The van der Waals surface area contributed by atoms with E-state index in [0.29, 0.717) is 12.2 Å². The number of carbonyl (C=O) groups excluding carboxylic acids is 1. The van der Waals surface area contributed by atoms with Crippen LogP contribution in [0.2, 0.25) is 0 Å². The topological polar surface area (TPSA) is 47.6 Å². The average Bonchev–Trinajstić information content (AvgIpc) is 2.64. The zero-order chi connectivity index (χ0) is 17.4. The van der Waals surface area contributed by atoms with E-state index in [4.69, 9.17) is 9.47 Å². The van der Waals surface area contributed by atoms with Crippen LogP contribution in [0.15, 0.2) is 48.5 Å². The van der Waals surface area contributed by atoms with Crippen molar-refractivity contribution in [1.82, 2.24) is 5.32 Å². The molecule has 0 unspecified atom stereocenters. The lowest BCUT2D eigenvalue weighted by molar-refractivity contribution is 0.0935. The average molecular weight is 327 g/mol. The second kappa shape index (κ2) is 8.96. The highest BCUT2D eigenvalue weighted by Crippen LogP contribution is 2.21. The summed E-state index contributed by atoms with van der Waals surface area (Å²) < 4.78 is 10.7. The van der Waals surface area contributed by atoms with Gasteiger partial charge in [-0.25, -0.2) is 0 Å². The lowest BCUT2D eigenvalue weighted by Gasteiger charge is -2.18. The molecule has 0 aliphatic rings. The molecular formula is C20H25NO3. The number of benzene rings is 2. The third-order valence-corrected chi connectivity index (χ3v) is 3.82. The maximum atomic E-state index is 12.5. The highest BCUT2D eigenvalue weighted by Gasteiger charge is 2.14. The minimum absolute atomic E-state index is 0.0283. The number of ether oxygens (including phenoxy) is 2. The molecule has 128 valence electrons. The number of methoxy groups -OCH3 is 1. The largest absolute Gasteiger partial charge is 0.497 e. The van der Waals surface area contributed by atoms with E-state index in [0.717, 1.165) is 29.9 Å². The van der Waals surface area contributed by atoms with Gasteiger partial charge in [-0.05, 0) is 54.8 Å². The Morgan fingerprint density at radius 2 is 1.62 bits per heavy atom. The van der Waals surface area contributed by atoms with Crippen LogP contribution < -0.4 is 14.8 Å². The fourth-order valence-electron chi connectivity index (χ4n) is 2.42. The SMILES string of the molecule is CCCOc1ccc(C(=O)N[C@@H](CC)c2ccc(OC)cc2)cc1. The van der Waals surface area contributed by atoms with Crippen LogP contribution in [0.5, 0.6) is 11.5 Å². The quantitative estimate of drug-likeness (QED) is 0.783. The van der Waals surface area contributed by atoms with Gasteiger partial charge in [0, 0.05) is 5.56 Å². The number of rotatable bonds is 8. The highest BCUT2D eigenvalue weighted by atomic mass is 16.5. The van der Waals surface area contributed by atoms with Gasteiger partial charge in [-0.2, -0.15) is 0 Å². The first-order chi connectivity index (χ1) is 11.7. The Hall–Kier alpha value is -2.49. The Morgan fingerprint density at radius 1 is 1.00 bits per heavy atom. The van der Waals surface area contributed by atoms with Crippen LogP contribution in [0.4, 0.5) is 0 Å². The summed E-state index contributed by atoms with van der Waals surface area (Å²) in [6.45, 7) is 4.80. The minimum Gasteiger partial charge on any atom is -0.497 e. The van der Waals surface area contributed by atoms with Crippen molar-refractivity contribution >= 4 is 5.91 Å². The van der Waals surface area contributed by atoms with Crippen molar-refractivity contribution in [3.8, 4) is 11.5 Å². The zero-order valence-corrected chi connectivity index (χ0v) is 14.5. The molecule has 24 heavy (non-hydrogen) atoms. The lowest BCUT2D eigenvalue weighted by Crippen LogP contribution is -2.28. The Morgan fingerprint density at radius 3 is 2.17 bits per heavy atom. The Balaban J connectivity index is 2.02. The molecule has 1 atom stereocenters. The third-order valence-electron chi connectivity index (χ3n) is 3.82. The molecule has 4 heteroatoms. The maximum Gasteiger partial charge on any atom is 0.251 e. The van der Waals surface area contributed by atoms with Crippen LogP contribution in [0.1, 0.15) is 48.7 Å². The molecule has 1 amide bonds. The predicted octanol–water partition coefficient (Wildman–Crippen LogP) is 4.37. The van der Waals surface area contributed by atoms with Crippen LogP contribution in [-0.2, 0) is 0 Å². The van der Waals surface area contributed by atoms with E-state index in [1.807, 2.05) is 36.4 Å². The van der Waals surface area contributed by atoms with Crippen molar-refractivity contribution in [1.29, 1.82) is 0 Å². The summed E-state index contributed by atoms with van der Waals surface area (Å²) in [5.41, 5.74) is 1.69. The molecule has 0 saturated carbocycles. The first-order valence-corrected chi connectivity index (χ1v) is 8.35. The smallest absolute Gasteiger partial charge is 0.251 e. The summed E-state index contributed by atoms with van der Waals surface area (Å²) in [5.74, 6) is 1.51. The van der Waals surface area contributed by atoms with E-state index >= 15 is 0 Å². The van der Waals surface area contributed by atoms with Crippen molar-refractivity contribution < 1.29 is 14.3 Å². The number of hydrogen-bond donors (Lipinski definition) is 1. The van der Waals surface area contributed by atoms with Crippen LogP contribution in [0.3, 0.4) is 0 Å². The molecule has 0 aromatic heterocycles. The van der Waals surface area contributed by atoms with Gasteiger partial charge in [0.15, 0.2) is 0 Å². The first-order valence-electron chi connectivity index (χ1n) is 8.35. The second-order valence-electron chi connectivity index (χ2n) is 5.58. The summed E-state index contributed by atoms with van der Waals surface area (Å²) in [6, 6.07) is 15.0. The molecule has 0 fully saturated rings. The monoisotopic (exact) mass is 327 g/mol. The zero-order valence-electron chi connectivity index (χ0n) is 14.5. The Bertz CT molecular complexity index is 635. The predicted molar refractivity (Wildman–Crippen MR) is 95.7 cm³/mol. The van der Waals surface area contributed by atoms with Gasteiger partial charge in [0.25, 0.3) is 5.91 Å². The molecular weight excluding hydrogens is 302 g/mol. The number of carbonyl (C=O) groups is 1. The summed E-state index contributed by atoms with van der Waals surface area (Å²) in [7, 11) is 1.64. The number of hydrogen-bond acceptors (Lipinski definition) is 3. The van der Waals surface area contributed by atoms with Crippen LogP contribution >= 0.6 is 0 Å². The first kappa shape index (κ1) is 17.9. The molecule has 2 aromatic carbocycles. The van der Waals surface area contributed by atoms with E-state index in [1.165, 1.54) is 0 Å². The molecule has 4 nitrogen and oxygen atoms in total. The van der Waals surface area contributed by atoms with Gasteiger partial charge in [0.1, 0.15) is 11.5 Å². The summed E-state index contributed by atoms with van der Waals surface area (Å²) in [4.78, 5) is 12.5.